The van der Waals surface area contributed by atoms with Crippen molar-refractivity contribution in [2.45, 2.75) is 51.8 Å². The average molecular weight is 523 g/mol. The van der Waals surface area contributed by atoms with Crippen LogP contribution in [0.5, 0.6) is 11.5 Å². The maximum Gasteiger partial charge on any atom is 0.323 e. The molecular weight excluding hydrogens is 492 g/mol. The van der Waals surface area contributed by atoms with Gasteiger partial charge < -0.3 is 29.5 Å². The lowest BCUT2D eigenvalue weighted by atomic mass is 9.89. The van der Waals surface area contributed by atoms with Gasteiger partial charge in [0.2, 0.25) is 5.91 Å². The van der Waals surface area contributed by atoms with E-state index < -0.39 is 43.0 Å². The summed E-state index contributed by atoms with van der Waals surface area (Å²) in [6.45, 7) is 4.82. The molecule has 0 saturated carbocycles. The monoisotopic (exact) mass is 522 g/mol. The van der Waals surface area contributed by atoms with E-state index in [9.17, 15) is 24.0 Å². The van der Waals surface area contributed by atoms with Gasteiger partial charge in [0.25, 0.3) is 12.4 Å². The molecule has 1 aromatic rings. The zero-order valence-corrected chi connectivity index (χ0v) is 21.1. The van der Waals surface area contributed by atoms with Gasteiger partial charge in [-0.25, -0.2) is 0 Å². The number of carboxylic acid groups (broad SMARTS) is 1. The number of β-lactam (4-membered cyclic amide) rings is 1. The molecule has 3 unspecified atom stereocenters. The molecule has 11 nitrogen and oxygen atoms in total. The number of likely N-dealkylation sites (tertiary alicyclic amines) is 1. The Morgan fingerprint density at radius 1 is 1.28 bits per heavy atom. The molecule has 196 valence electrons. The van der Waals surface area contributed by atoms with Gasteiger partial charge in [0, 0.05) is 11.8 Å². The Morgan fingerprint density at radius 2 is 2.00 bits per heavy atom. The molecule has 1 aliphatic rings. The second kappa shape index (κ2) is 14.1. The minimum Gasteiger partial charge on any atom is -0.484 e. The lowest BCUT2D eigenvalue weighted by Crippen LogP contribution is -2.72. The second-order valence-electron chi connectivity index (χ2n) is 8.02. The highest BCUT2D eigenvalue weighted by atomic mass is 32.2. The van der Waals surface area contributed by atoms with Crippen molar-refractivity contribution in [3.63, 3.8) is 0 Å². The van der Waals surface area contributed by atoms with Crippen LogP contribution in [-0.2, 0) is 28.7 Å². The van der Waals surface area contributed by atoms with Crippen LogP contribution in [0, 0.1) is 0 Å². The van der Waals surface area contributed by atoms with Gasteiger partial charge in [-0.15, -0.1) is 11.8 Å². The van der Waals surface area contributed by atoms with Gasteiger partial charge in [-0.3, -0.25) is 24.0 Å². The van der Waals surface area contributed by atoms with E-state index in [-0.39, 0.29) is 36.5 Å². The zero-order chi connectivity index (χ0) is 26.7. The van der Waals surface area contributed by atoms with Gasteiger partial charge in [0.15, 0.2) is 6.61 Å². The van der Waals surface area contributed by atoms with Gasteiger partial charge in [0.05, 0.1) is 18.6 Å². The van der Waals surface area contributed by atoms with E-state index in [2.05, 4.69) is 5.32 Å². The van der Waals surface area contributed by atoms with Gasteiger partial charge in [-0.1, -0.05) is 13.0 Å². The normalized spacial score (nSPS) is 18.0. The molecule has 0 aromatic heterocycles. The Labute approximate surface area is 213 Å². The molecule has 2 N–H and O–H groups in total. The van der Waals surface area contributed by atoms with Crippen LogP contribution in [0.3, 0.4) is 0 Å². The van der Waals surface area contributed by atoms with E-state index in [1.54, 1.807) is 24.5 Å². The van der Waals surface area contributed by atoms with Crippen LogP contribution in [0.25, 0.3) is 0 Å². The number of thioether (sulfide) groups is 1. The number of carboxylic acids is 1. The summed E-state index contributed by atoms with van der Waals surface area (Å²) in [6, 6.07) is 4.52. The summed E-state index contributed by atoms with van der Waals surface area (Å²) in [4.78, 5) is 59.6. The van der Waals surface area contributed by atoms with Crippen LogP contribution in [0.15, 0.2) is 35.2 Å². The first-order chi connectivity index (χ1) is 17.2. The Kier molecular flexibility index (Phi) is 11.3. The fraction of sp³-hybridized carbons (Fsp3) is 0.458. The van der Waals surface area contributed by atoms with Crippen molar-refractivity contribution in [2.24, 2.45) is 0 Å². The van der Waals surface area contributed by atoms with E-state index in [1.165, 1.54) is 23.9 Å². The predicted molar refractivity (Wildman–Crippen MR) is 130 cm³/mol. The van der Waals surface area contributed by atoms with E-state index >= 15 is 0 Å². The molecule has 0 spiro atoms. The Hall–Kier alpha value is -3.54. The van der Waals surface area contributed by atoms with E-state index in [0.29, 0.717) is 11.3 Å². The first kappa shape index (κ1) is 28.7. The van der Waals surface area contributed by atoms with Crippen molar-refractivity contribution in [2.75, 3.05) is 18.9 Å². The summed E-state index contributed by atoms with van der Waals surface area (Å²) in [6.07, 6.45) is 0.788. The van der Waals surface area contributed by atoms with Gasteiger partial charge >= 0.3 is 11.9 Å². The number of nitrogens with one attached hydrogen (secondary N) is 1. The highest BCUT2D eigenvalue weighted by molar-refractivity contribution is 8.02. The van der Waals surface area contributed by atoms with Crippen LogP contribution >= 0.6 is 11.8 Å². The minimum atomic E-state index is -1.17. The van der Waals surface area contributed by atoms with E-state index in [1.807, 2.05) is 13.8 Å². The van der Waals surface area contributed by atoms with E-state index in [0.717, 1.165) is 11.3 Å². The maximum absolute atomic E-state index is 12.6. The Balaban J connectivity index is 1.95. The number of carbonyl (C=O) groups is 5. The molecule has 0 radical (unpaired) electrons. The first-order valence-corrected chi connectivity index (χ1v) is 12.3. The fourth-order valence-corrected chi connectivity index (χ4v) is 4.15. The number of ether oxygens (including phenoxy) is 3. The summed E-state index contributed by atoms with van der Waals surface area (Å²) in [5.74, 6) is -1.60. The molecule has 2 rings (SSSR count). The predicted octanol–water partition coefficient (Wildman–Crippen LogP) is 1.75. The van der Waals surface area contributed by atoms with Crippen molar-refractivity contribution in [3.05, 3.63) is 35.2 Å². The molecule has 1 aromatic carbocycles. The Bertz CT molecular complexity index is 998. The molecular formula is C24H30N2O9S. The maximum atomic E-state index is 12.6. The quantitative estimate of drug-likeness (QED) is 0.151. The number of nitrogens with zero attached hydrogens (tertiary/aromatic N) is 1. The number of rotatable bonds is 15. The molecule has 2 amide bonds. The second-order valence-corrected chi connectivity index (χ2v) is 9.00. The zero-order valence-electron chi connectivity index (χ0n) is 20.3. The SMILES string of the molecule is CCC(C)OC(=O)CCSC=C(C)C1C(NC(=O)COc2cccc(OC=O)c2)C(=O)N1CC(=O)O. The van der Waals surface area contributed by atoms with Crippen molar-refractivity contribution in [3.8, 4) is 11.5 Å². The van der Waals surface area contributed by atoms with Crippen molar-refractivity contribution in [1.82, 2.24) is 10.2 Å². The summed E-state index contributed by atoms with van der Waals surface area (Å²) < 4.78 is 15.3. The lowest BCUT2D eigenvalue weighted by molar-refractivity contribution is -0.158. The first-order valence-electron chi connectivity index (χ1n) is 11.3. The third kappa shape index (κ3) is 8.59. The largest absolute Gasteiger partial charge is 0.484 e. The van der Waals surface area contributed by atoms with Crippen molar-refractivity contribution < 1.29 is 43.3 Å². The lowest BCUT2D eigenvalue weighted by Gasteiger charge is -2.47. The van der Waals surface area contributed by atoms with Crippen LogP contribution < -0.4 is 14.8 Å². The van der Waals surface area contributed by atoms with Crippen molar-refractivity contribution in [1.29, 1.82) is 0 Å². The number of aliphatic carboxylic acids is 1. The highest BCUT2D eigenvalue weighted by Gasteiger charge is 2.49. The third-order valence-electron chi connectivity index (χ3n) is 5.25. The van der Waals surface area contributed by atoms with Crippen molar-refractivity contribution >= 4 is 42.0 Å². The summed E-state index contributed by atoms with van der Waals surface area (Å²) in [5, 5.41) is 13.5. The summed E-state index contributed by atoms with van der Waals surface area (Å²) in [5.41, 5.74) is 0.668. The molecule has 3 atom stereocenters. The number of hydrogen-bond acceptors (Lipinski definition) is 9. The van der Waals surface area contributed by atoms with Crippen LogP contribution in [0.4, 0.5) is 0 Å². The number of benzene rings is 1. The molecule has 1 heterocycles. The molecule has 1 saturated heterocycles. The van der Waals surface area contributed by atoms with Crippen LogP contribution in [-0.4, -0.2) is 77.3 Å². The third-order valence-corrected chi connectivity index (χ3v) is 6.23. The molecule has 36 heavy (non-hydrogen) atoms. The average Bonchev–Trinajstić information content (AvgIpc) is 2.84. The Morgan fingerprint density at radius 3 is 2.67 bits per heavy atom. The summed E-state index contributed by atoms with van der Waals surface area (Å²) >= 11 is 1.34. The van der Waals surface area contributed by atoms with E-state index in [4.69, 9.17) is 19.3 Å². The number of amides is 2. The molecule has 12 heteroatoms. The molecule has 1 fully saturated rings. The molecule has 0 bridgehead atoms. The van der Waals surface area contributed by atoms with Gasteiger partial charge in [0.1, 0.15) is 24.1 Å². The van der Waals surface area contributed by atoms with Crippen LogP contribution in [0.2, 0.25) is 0 Å². The smallest absolute Gasteiger partial charge is 0.323 e. The number of carbonyl (C=O) groups excluding carboxylic acids is 4. The number of esters is 1. The standard InChI is InChI=1S/C24H30N2O9S/c1-4-16(3)35-21(31)8-9-36-13-15(2)23-22(24(32)26(23)11-20(29)30)25-19(28)12-33-17-6-5-7-18(10-17)34-14-27/h5-7,10,13-14,16,22-23H,4,8-9,11-12H2,1-3H3,(H,25,28)(H,29,30). The summed E-state index contributed by atoms with van der Waals surface area (Å²) in [7, 11) is 0. The van der Waals surface area contributed by atoms with Gasteiger partial charge in [-0.2, -0.15) is 0 Å². The molecule has 1 aliphatic heterocycles. The fourth-order valence-electron chi connectivity index (χ4n) is 3.35. The topological polar surface area (TPSA) is 149 Å². The minimum absolute atomic E-state index is 0.146. The molecule has 0 aliphatic carbocycles. The number of hydrogen-bond donors (Lipinski definition) is 2. The van der Waals surface area contributed by atoms with Gasteiger partial charge in [-0.05, 0) is 43.4 Å². The highest BCUT2D eigenvalue weighted by Crippen LogP contribution is 2.28. The van der Waals surface area contributed by atoms with Crippen LogP contribution in [0.1, 0.15) is 33.6 Å².